The summed E-state index contributed by atoms with van der Waals surface area (Å²) in [6.07, 6.45) is 3.22. The molecule has 0 fully saturated rings. The molecule has 3 rings (SSSR count). The lowest BCUT2D eigenvalue weighted by atomic mass is 10.2. The molecule has 0 aliphatic carbocycles. The number of rotatable bonds is 5. The maximum atomic E-state index is 12.1. The Morgan fingerprint density at radius 1 is 1.13 bits per heavy atom. The predicted molar refractivity (Wildman–Crippen MR) is 86.4 cm³/mol. The number of benzene rings is 1. The second kappa shape index (κ2) is 6.79. The summed E-state index contributed by atoms with van der Waals surface area (Å²) in [5.41, 5.74) is 1.72. The van der Waals surface area contributed by atoms with Gasteiger partial charge >= 0.3 is 0 Å². The summed E-state index contributed by atoms with van der Waals surface area (Å²) in [5.74, 6) is 1.32. The van der Waals surface area contributed by atoms with Crippen LogP contribution in [-0.2, 0) is 6.61 Å². The highest BCUT2D eigenvalue weighted by Crippen LogP contribution is 2.19. The molecule has 5 nitrogen and oxygen atoms in total. The molecule has 0 aliphatic rings. The zero-order valence-electron chi connectivity index (χ0n) is 12.7. The van der Waals surface area contributed by atoms with E-state index >= 15 is 0 Å². The SMILES string of the molecule is Cc1ccccc1OCc1ccc(C(=O)Nc2ccncc2)o1. The van der Waals surface area contributed by atoms with Gasteiger partial charge in [0.05, 0.1) is 0 Å². The molecule has 0 saturated heterocycles. The number of carbonyl (C=O) groups is 1. The number of nitrogens with zero attached hydrogens (tertiary/aromatic N) is 1. The first-order chi connectivity index (χ1) is 11.2. The van der Waals surface area contributed by atoms with Gasteiger partial charge in [-0.2, -0.15) is 0 Å². The Kier molecular flexibility index (Phi) is 4.38. The Morgan fingerprint density at radius 2 is 1.91 bits per heavy atom. The van der Waals surface area contributed by atoms with Gasteiger partial charge in [0, 0.05) is 18.1 Å². The van der Waals surface area contributed by atoms with Crippen LogP contribution < -0.4 is 10.1 Å². The van der Waals surface area contributed by atoms with Crippen molar-refractivity contribution >= 4 is 11.6 Å². The average Bonchev–Trinajstić information content (AvgIpc) is 3.04. The first-order valence-corrected chi connectivity index (χ1v) is 7.21. The van der Waals surface area contributed by atoms with Crippen LogP contribution in [0, 0.1) is 6.92 Å². The van der Waals surface area contributed by atoms with E-state index < -0.39 is 0 Å². The number of amides is 1. The van der Waals surface area contributed by atoms with Gasteiger partial charge in [-0.25, -0.2) is 0 Å². The van der Waals surface area contributed by atoms with Crippen molar-refractivity contribution < 1.29 is 13.9 Å². The molecule has 1 N–H and O–H groups in total. The summed E-state index contributed by atoms with van der Waals surface area (Å²) < 4.78 is 11.2. The minimum Gasteiger partial charge on any atom is -0.485 e. The van der Waals surface area contributed by atoms with Crippen molar-refractivity contribution in [2.75, 3.05) is 5.32 Å². The van der Waals surface area contributed by atoms with E-state index in [4.69, 9.17) is 9.15 Å². The van der Waals surface area contributed by atoms with Crippen molar-refractivity contribution in [3.8, 4) is 5.75 Å². The van der Waals surface area contributed by atoms with E-state index in [1.165, 1.54) is 0 Å². The van der Waals surface area contributed by atoms with Crippen LogP contribution in [0.2, 0.25) is 0 Å². The third kappa shape index (κ3) is 3.77. The Hall–Kier alpha value is -3.08. The van der Waals surface area contributed by atoms with Crippen LogP contribution >= 0.6 is 0 Å². The fourth-order valence-corrected chi connectivity index (χ4v) is 2.07. The van der Waals surface area contributed by atoms with E-state index in [0.29, 0.717) is 11.4 Å². The fraction of sp³-hybridized carbons (Fsp3) is 0.111. The Morgan fingerprint density at radius 3 is 2.70 bits per heavy atom. The quantitative estimate of drug-likeness (QED) is 0.778. The highest BCUT2D eigenvalue weighted by atomic mass is 16.5. The largest absolute Gasteiger partial charge is 0.485 e. The second-order valence-corrected chi connectivity index (χ2v) is 5.01. The number of carbonyl (C=O) groups excluding carboxylic acids is 1. The van der Waals surface area contributed by atoms with Gasteiger partial charge in [0.1, 0.15) is 18.1 Å². The molecular weight excluding hydrogens is 292 g/mol. The van der Waals surface area contributed by atoms with Gasteiger partial charge in [0.15, 0.2) is 5.76 Å². The third-order valence-corrected chi connectivity index (χ3v) is 3.29. The number of aromatic nitrogens is 1. The maximum absolute atomic E-state index is 12.1. The molecule has 23 heavy (non-hydrogen) atoms. The molecule has 1 amide bonds. The molecule has 1 aromatic carbocycles. The number of aryl methyl sites for hydroxylation is 1. The number of anilines is 1. The molecule has 3 aromatic rings. The monoisotopic (exact) mass is 308 g/mol. The van der Waals surface area contributed by atoms with Crippen LogP contribution in [0.25, 0.3) is 0 Å². The summed E-state index contributed by atoms with van der Waals surface area (Å²) in [4.78, 5) is 16.0. The van der Waals surface area contributed by atoms with Crippen LogP contribution in [0.3, 0.4) is 0 Å². The molecule has 2 aromatic heterocycles. The van der Waals surface area contributed by atoms with E-state index in [1.807, 2.05) is 31.2 Å². The first kappa shape index (κ1) is 14.8. The highest BCUT2D eigenvalue weighted by molar-refractivity contribution is 6.02. The smallest absolute Gasteiger partial charge is 0.291 e. The average molecular weight is 308 g/mol. The minimum absolute atomic E-state index is 0.241. The normalized spacial score (nSPS) is 10.3. The highest BCUT2D eigenvalue weighted by Gasteiger charge is 2.12. The summed E-state index contributed by atoms with van der Waals surface area (Å²) in [6, 6.07) is 14.5. The summed E-state index contributed by atoms with van der Waals surface area (Å²) >= 11 is 0. The van der Waals surface area contributed by atoms with Crippen LogP contribution in [0.4, 0.5) is 5.69 Å². The van der Waals surface area contributed by atoms with Crippen molar-refractivity contribution in [1.29, 1.82) is 0 Å². The van der Waals surface area contributed by atoms with Gasteiger partial charge in [-0.15, -0.1) is 0 Å². The molecule has 0 unspecified atom stereocenters. The number of pyridine rings is 1. The lowest BCUT2D eigenvalue weighted by Crippen LogP contribution is -2.10. The molecule has 0 spiro atoms. The lowest BCUT2D eigenvalue weighted by Gasteiger charge is -2.06. The predicted octanol–water partition coefficient (Wildman–Crippen LogP) is 3.81. The molecule has 5 heteroatoms. The van der Waals surface area contributed by atoms with Gasteiger partial charge in [-0.1, -0.05) is 18.2 Å². The van der Waals surface area contributed by atoms with E-state index in [0.717, 1.165) is 11.3 Å². The van der Waals surface area contributed by atoms with Gasteiger partial charge < -0.3 is 14.5 Å². The van der Waals surface area contributed by atoms with Crippen molar-refractivity contribution in [2.24, 2.45) is 0 Å². The van der Waals surface area contributed by atoms with Crippen molar-refractivity contribution in [1.82, 2.24) is 4.98 Å². The number of ether oxygens (including phenoxy) is 1. The van der Waals surface area contributed by atoms with Gasteiger partial charge in [0.25, 0.3) is 5.91 Å². The number of hydrogen-bond acceptors (Lipinski definition) is 4. The number of nitrogens with one attached hydrogen (secondary N) is 1. The van der Waals surface area contributed by atoms with E-state index in [-0.39, 0.29) is 18.3 Å². The second-order valence-electron chi connectivity index (χ2n) is 5.01. The van der Waals surface area contributed by atoms with Gasteiger partial charge in [0.2, 0.25) is 0 Å². The molecule has 0 aliphatic heterocycles. The van der Waals surface area contributed by atoms with Gasteiger partial charge in [-0.05, 0) is 42.8 Å². The maximum Gasteiger partial charge on any atom is 0.291 e. The van der Waals surface area contributed by atoms with Crippen LogP contribution in [-0.4, -0.2) is 10.9 Å². The number of furan rings is 1. The number of para-hydroxylation sites is 1. The van der Waals surface area contributed by atoms with Crippen LogP contribution in [0.15, 0.2) is 65.3 Å². The van der Waals surface area contributed by atoms with E-state index in [1.54, 1.807) is 36.7 Å². The standard InChI is InChI=1S/C18H16N2O3/c1-13-4-2-3-5-16(13)22-12-15-6-7-17(23-15)18(21)20-14-8-10-19-11-9-14/h2-11H,12H2,1H3,(H,19,20,21). The number of hydrogen-bond donors (Lipinski definition) is 1. The molecule has 116 valence electrons. The Bertz CT molecular complexity index is 797. The molecule has 0 bridgehead atoms. The van der Waals surface area contributed by atoms with E-state index in [9.17, 15) is 4.79 Å². The first-order valence-electron chi connectivity index (χ1n) is 7.21. The van der Waals surface area contributed by atoms with Crippen molar-refractivity contribution in [2.45, 2.75) is 13.5 Å². The third-order valence-electron chi connectivity index (χ3n) is 3.29. The minimum atomic E-state index is -0.307. The summed E-state index contributed by atoms with van der Waals surface area (Å²) in [7, 11) is 0. The van der Waals surface area contributed by atoms with Crippen LogP contribution in [0.1, 0.15) is 21.9 Å². The molecule has 0 radical (unpaired) electrons. The zero-order valence-corrected chi connectivity index (χ0v) is 12.7. The Labute approximate surface area is 133 Å². The van der Waals surface area contributed by atoms with E-state index in [2.05, 4.69) is 10.3 Å². The van der Waals surface area contributed by atoms with Gasteiger partial charge in [-0.3, -0.25) is 9.78 Å². The molecule has 2 heterocycles. The van der Waals surface area contributed by atoms with Crippen molar-refractivity contribution in [3.63, 3.8) is 0 Å². The Balaban J connectivity index is 1.62. The molecule has 0 atom stereocenters. The lowest BCUT2D eigenvalue weighted by molar-refractivity contribution is 0.0992. The topological polar surface area (TPSA) is 64.4 Å². The fourth-order valence-electron chi connectivity index (χ4n) is 2.07. The molecular formula is C18H16N2O3. The molecule has 0 saturated carbocycles. The summed E-state index contributed by atoms with van der Waals surface area (Å²) in [6.45, 7) is 2.25. The van der Waals surface area contributed by atoms with Crippen molar-refractivity contribution in [3.05, 3.63) is 78.0 Å². The van der Waals surface area contributed by atoms with Crippen LogP contribution in [0.5, 0.6) is 5.75 Å². The zero-order chi connectivity index (χ0) is 16.1. The summed E-state index contributed by atoms with van der Waals surface area (Å²) in [5, 5.41) is 2.74.